The van der Waals surface area contributed by atoms with E-state index in [1.54, 1.807) is 18.2 Å². The lowest BCUT2D eigenvalue weighted by atomic mass is 10.0. The predicted molar refractivity (Wildman–Crippen MR) is 91.4 cm³/mol. The molecule has 0 spiro atoms. The Morgan fingerprint density at radius 3 is 2.54 bits per heavy atom. The van der Waals surface area contributed by atoms with Gasteiger partial charge < -0.3 is 15.2 Å². The third kappa shape index (κ3) is 3.49. The zero-order valence-corrected chi connectivity index (χ0v) is 14.4. The average molecular weight is 345 g/mol. The summed E-state index contributed by atoms with van der Waals surface area (Å²) >= 11 is 1.41. The fourth-order valence-corrected chi connectivity index (χ4v) is 3.98. The standard InChI is InChI=1S/C18H19NO4S/c1-10-5-11(2)7-12(6-10)16(18(21)22)19-17(20)15-8-13-9-23-4-3-14(13)24-15/h5-8,16H,3-4,9H2,1-2H3,(H,19,20)(H,21,22). The lowest BCUT2D eigenvalue weighted by Crippen LogP contribution is -2.33. The largest absolute Gasteiger partial charge is 0.479 e. The zero-order valence-electron chi connectivity index (χ0n) is 13.6. The van der Waals surface area contributed by atoms with E-state index in [2.05, 4.69) is 5.32 Å². The van der Waals surface area contributed by atoms with Gasteiger partial charge in [-0.2, -0.15) is 0 Å². The molecule has 0 bridgehead atoms. The van der Waals surface area contributed by atoms with Crippen molar-refractivity contribution < 1.29 is 19.4 Å². The summed E-state index contributed by atoms with van der Waals surface area (Å²) < 4.78 is 5.38. The van der Waals surface area contributed by atoms with Crippen LogP contribution in [-0.4, -0.2) is 23.6 Å². The Morgan fingerprint density at radius 1 is 1.21 bits per heavy atom. The van der Waals surface area contributed by atoms with E-state index in [1.165, 1.54) is 11.3 Å². The molecule has 1 aromatic carbocycles. The maximum absolute atomic E-state index is 12.5. The number of rotatable bonds is 4. The fraction of sp³-hybridized carbons (Fsp3) is 0.333. The minimum atomic E-state index is -1.07. The van der Waals surface area contributed by atoms with Gasteiger partial charge in [-0.05, 0) is 31.0 Å². The molecule has 5 nitrogen and oxygen atoms in total. The van der Waals surface area contributed by atoms with Crippen molar-refractivity contribution in [1.82, 2.24) is 5.32 Å². The van der Waals surface area contributed by atoms with Crippen molar-refractivity contribution in [1.29, 1.82) is 0 Å². The number of nitrogens with one attached hydrogen (secondary N) is 1. The van der Waals surface area contributed by atoms with Gasteiger partial charge in [0.15, 0.2) is 6.04 Å². The lowest BCUT2D eigenvalue weighted by molar-refractivity contribution is -0.139. The van der Waals surface area contributed by atoms with Crippen LogP contribution in [0, 0.1) is 13.8 Å². The van der Waals surface area contributed by atoms with Gasteiger partial charge in [0.05, 0.1) is 18.1 Å². The van der Waals surface area contributed by atoms with Crippen LogP contribution in [0.25, 0.3) is 0 Å². The van der Waals surface area contributed by atoms with E-state index < -0.39 is 12.0 Å². The van der Waals surface area contributed by atoms with E-state index in [0.29, 0.717) is 23.7 Å². The minimum Gasteiger partial charge on any atom is -0.479 e. The molecule has 3 rings (SSSR count). The molecule has 1 aliphatic heterocycles. The zero-order chi connectivity index (χ0) is 17.3. The molecule has 0 fully saturated rings. The van der Waals surface area contributed by atoms with Crippen LogP contribution in [0.15, 0.2) is 24.3 Å². The van der Waals surface area contributed by atoms with Crippen LogP contribution in [0.1, 0.15) is 42.8 Å². The average Bonchev–Trinajstić information content (AvgIpc) is 2.95. The highest BCUT2D eigenvalue weighted by atomic mass is 32.1. The third-order valence-corrected chi connectivity index (χ3v) is 5.19. The minimum absolute atomic E-state index is 0.360. The lowest BCUT2D eigenvalue weighted by Gasteiger charge is -2.15. The number of amides is 1. The highest BCUT2D eigenvalue weighted by Crippen LogP contribution is 2.27. The Bertz CT molecular complexity index is 753. The Morgan fingerprint density at radius 2 is 1.92 bits per heavy atom. The van der Waals surface area contributed by atoms with E-state index in [-0.39, 0.29) is 5.91 Å². The van der Waals surface area contributed by atoms with Crippen LogP contribution in [0.4, 0.5) is 0 Å². The van der Waals surface area contributed by atoms with E-state index in [9.17, 15) is 14.7 Å². The first-order valence-corrected chi connectivity index (χ1v) is 8.57. The number of benzene rings is 1. The Labute approximate surface area is 144 Å². The van der Waals surface area contributed by atoms with Crippen LogP contribution in [-0.2, 0) is 22.6 Å². The van der Waals surface area contributed by atoms with Gasteiger partial charge >= 0.3 is 5.97 Å². The Hall–Kier alpha value is -2.18. The number of carbonyl (C=O) groups excluding carboxylic acids is 1. The molecule has 2 N–H and O–H groups in total. The number of hydrogen-bond acceptors (Lipinski definition) is 4. The predicted octanol–water partition coefficient (Wildman–Crippen LogP) is 2.99. The number of aryl methyl sites for hydroxylation is 2. The highest BCUT2D eigenvalue weighted by molar-refractivity contribution is 7.14. The summed E-state index contributed by atoms with van der Waals surface area (Å²) in [7, 11) is 0. The number of hydrogen-bond donors (Lipinski definition) is 2. The number of fused-ring (bicyclic) bond motifs is 1. The summed E-state index contributed by atoms with van der Waals surface area (Å²) in [5, 5.41) is 12.2. The van der Waals surface area contributed by atoms with Crippen molar-refractivity contribution in [3.63, 3.8) is 0 Å². The van der Waals surface area contributed by atoms with E-state index in [4.69, 9.17) is 4.74 Å². The summed E-state index contributed by atoms with van der Waals surface area (Å²) in [5.74, 6) is -1.43. The quantitative estimate of drug-likeness (QED) is 0.893. The molecule has 1 atom stereocenters. The fourth-order valence-electron chi connectivity index (χ4n) is 2.93. The third-order valence-electron chi connectivity index (χ3n) is 3.95. The molecular weight excluding hydrogens is 326 g/mol. The van der Waals surface area contributed by atoms with Gasteiger partial charge in [0.2, 0.25) is 0 Å². The van der Waals surface area contributed by atoms with Crippen LogP contribution in [0.5, 0.6) is 0 Å². The number of ether oxygens (including phenoxy) is 1. The Kier molecular flexibility index (Phi) is 4.69. The van der Waals surface area contributed by atoms with Gasteiger partial charge in [-0.25, -0.2) is 4.79 Å². The molecule has 1 unspecified atom stereocenters. The number of carboxylic acid groups (broad SMARTS) is 1. The molecule has 6 heteroatoms. The maximum atomic E-state index is 12.5. The molecule has 2 aromatic rings. The maximum Gasteiger partial charge on any atom is 0.330 e. The van der Waals surface area contributed by atoms with Gasteiger partial charge in [0.1, 0.15) is 0 Å². The summed E-state index contributed by atoms with van der Waals surface area (Å²) in [6.07, 6.45) is 0.798. The van der Waals surface area contributed by atoms with Crippen molar-refractivity contribution >= 4 is 23.2 Å². The van der Waals surface area contributed by atoms with Gasteiger partial charge in [-0.1, -0.05) is 29.3 Å². The van der Waals surface area contributed by atoms with Crippen molar-refractivity contribution in [2.45, 2.75) is 32.9 Å². The van der Waals surface area contributed by atoms with Crippen LogP contribution < -0.4 is 5.32 Å². The monoisotopic (exact) mass is 345 g/mol. The topological polar surface area (TPSA) is 75.6 Å². The molecule has 2 heterocycles. The first-order chi connectivity index (χ1) is 11.4. The normalized spacial score (nSPS) is 14.8. The SMILES string of the molecule is Cc1cc(C)cc(C(NC(=O)c2cc3c(s2)CCOC3)C(=O)O)c1. The number of carbonyl (C=O) groups is 2. The first kappa shape index (κ1) is 16.7. The molecule has 126 valence electrons. The smallest absolute Gasteiger partial charge is 0.330 e. The molecular formula is C18H19NO4S. The van der Waals surface area contributed by atoms with Crippen molar-refractivity contribution in [2.75, 3.05) is 6.61 Å². The van der Waals surface area contributed by atoms with Crippen molar-refractivity contribution in [3.8, 4) is 0 Å². The second-order valence-electron chi connectivity index (χ2n) is 6.03. The summed E-state index contributed by atoms with van der Waals surface area (Å²) in [5.41, 5.74) is 3.54. The summed E-state index contributed by atoms with van der Waals surface area (Å²) in [6.45, 7) is 4.99. The molecule has 0 aliphatic carbocycles. The van der Waals surface area contributed by atoms with Crippen molar-refractivity contribution in [3.05, 3.63) is 56.3 Å². The van der Waals surface area contributed by atoms with Gasteiger partial charge in [-0.15, -0.1) is 11.3 Å². The Balaban J connectivity index is 1.84. The number of carboxylic acids is 1. The van der Waals surface area contributed by atoms with Crippen LogP contribution >= 0.6 is 11.3 Å². The van der Waals surface area contributed by atoms with E-state index in [0.717, 1.165) is 28.0 Å². The number of aliphatic carboxylic acids is 1. The highest BCUT2D eigenvalue weighted by Gasteiger charge is 2.25. The molecule has 0 saturated carbocycles. The molecule has 24 heavy (non-hydrogen) atoms. The van der Waals surface area contributed by atoms with Gasteiger partial charge in [0.25, 0.3) is 5.91 Å². The summed E-state index contributed by atoms with van der Waals surface area (Å²) in [4.78, 5) is 25.8. The molecule has 1 amide bonds. The van der Waals surface area contributed by atoms with Gasteiger partial charge in [-0.3, -0.25) is 4.79 Å². The molecule has 1 aliphatic rings. The second-order valence-corrected chi connectivity index (χ2v) is 7.16. The van der Waals surface area contributed by atoms with Gasteiger partial charge in [0, 0.05) is 11.3 Å². The number of thiophene rings is 1. The van der Waals surface area contributed by atoms with Crippen molar-refractivity contribution in [2.24, 2.45) is 0 Å². The first-order valence-electron chi connectivity index (χ1n) is 7.75. The molecule has 0 saturated heterocycles. The second kappa shape index (κ2) is 6.75. The molecule has 1 aromatic heterocycles. The van der Waals surface area contributed by atoms with E-state index in [1.807, 2.05) is 19.9 Å². The molecule has 0 radical (unpaired) electrons. The van der Waals surface area contributed by atoms with Crippen LogP contribution in [0.3, 0.4) is 0 Å². The summed E-state index contributed by atoms with van der Waals surface area (Å²) in [6, 6.07) is 6.29. The van der Waals surface area contributed by atoms with E-state index >= 15 is 0 Å². The van der Waals surface area contributed by atoms with Crippen LogP contribution in [0.2, 0.25) is 0 Å².